The van der Waals surface area contributed by atoms with Crippen LogP contribution < -0.4 is 4.74 Å². The number of ether oxygens (including phenoxy) is 1. The molecule has 0 aliphatic heterocycles. The van der Waals surface area contributed by atoms with Crippen LogP contribution >= 0.6 is 39.1 Å². The molecule has 0 spiro atoms. The largest absolute Gasteiger partial charge is 0.494 e. The molecule has 2 aromatic rings. The monoisotopic (exact) mass is 362 g/mol. The quantitative estimate of drug-likeness (QED) is 0.647. The molecule has 1 nitrogen and oxygen atoms in total. The lowest BCUT2D eigenvalue weighted by Crippen LogP contribution is -1.96. The van der Waals surface area contributed by atoms with Gasteiger partial charge in [0.05, 0.1) is 12.5 Å². The third kappa shape index (κ3) is 3.41. The van der Waals surface area contributed by atoms with Crippen molar-refractivity contribution in [3.63, 3.8) is 0 Å². The molecule has 0 fully saturated rings. The molecule has 0 N–H and O–H groups in total. The highest BCUT2D eigenvalue weighted by Crippen LogP contribution is 2.34. The van der Waals surface area contributed by atoms with Crippen molar-refractivity contribution in [2.24, 2.45) is 0 Å². The van der Waals surface area contributed by atoms with Gasteiger partial charge in [-0.2, -0.15) is 0 Å². The Kier molecular flexibility index (Phi) is 4.71. The summed E-state index contributed by atoms with van der Waals surface area (Å²) < 4.78 is 19.4. The van der Waals surface area contributed by atoms with Crippen LogP contribution in [0.4, 0.5) is 4.39 Å². The second kappa shape index (κ2) is 6.12. The van der Waals surface area contributed by atoms with Crippen molar-refractivity contribution < 1.29 is 9.13 Å². The van der Waals surface area contributed by atoms with Crippen LogP contribution in [0.1, 0.15) is 16.5 Å². The number of methoxy groups -OCH3 is 1. The molecule has 0 amide bonds. The van der Waals surface area contributed by atoms with Gasteiger partial charge in [-0.25, -0.2) is 4.39 Å². The lowest BCUT2D eigenvalue weighted by atomic mass is 10.0. The Morgan fingerprint density at radius 2 is 1.89 bits per heavy atom. The topological polar surface area (TPSA) is 9.23 Å². The van der Waals surface area contributed by atoms with Crippen LogP contribution in [0.3, 0.4) is 0 Å². The molecule has 0 radical (unpaired) electrons. The molecule has 0 heterocycles. The fourth-order valence-corrected chi connectivity index (χ4v) is 2.90. The van der Waals surface area contributed by atoms with E-state index in [1.54, 1.807) is 24.3 Å². The molecular formula is C14H10BrCl2FO. The zero-order valence-corrected chi connectivity index (χ0v) is 13.1. The second-order valence-corrected chi connectivity index (χ2v) is 5.75. The molecule has 1 unspecified atom stereocenters. The number of hydrogen-bond acceptors (Lipinski definition) is 1. The fourth-order valence-electron chi connectivity index (χ4n) is 1.75. The van der Waals surface area contributed by atoms with Crippen molar-refractivity contribution in [3.05, 3.63) is 62.8 Å². The van der Waals surface area contributed by atoms with Crippen LogP contribution in [-0.2, 0) is 0 Å². The molecule has 1 atom stereocenters. The normalized spacial score (nSPS) is 12.3. The van der Waals surface area contributed by atoms with E-state index in [4.69, 9.17) is 27.9 Å². The van der Waals surface area contributed by atoms with Gasteiger partial charge >= 0.3 is 0 Å². The number of halogens is 4. The van der Waals surface area contributed by atoms with E-state index >= 15 is 0 Å². The summed E-state index contributed by atoms with van der Waals surface area (Å²) in [5.74, 6) is -0.244. The van der Waals surface area contributed by atoms with Crippen LogP contribution in [0.2, 0.25) is 5.02 Å². The van der Waals surface area contributed by atoms with Gasteiger partial charge in [0.25, 0.3) is 0 Å². The molecule has 0 aromatic heterocycles. The highest BCUT2D eigenvalue weighted by Gasteiger charge is 2.14. The lowest BCUT2D eigenvalue weighted by molar-refractivity contribution is 0.386. The van der Waals surface area contributed by atoms with E-state index in [1.807, 2.05) is 6.07 Å². The summed E-state index contributed by atoms with van der Waals surface area (Å²) in [5, 5.41) is 0.0967. The first-order valence-corrected chi connectivity index (χ1v) is 7.05. The van der Waals surface area contributed by atoms with Crippen LogP contribution in [0, 0.1) is 5.82 Å². The van der Waals surface area contributed by atoms with Crippen LogP contribution in [0.5, 0.6) is 5.75 Å². The first kappa shape index (κ1) is 14.6. The molecule has 19 heavy (non-hydrogen) atoms. The summed E-state index contributed by atoms with van der Waals surface area (Å²) in [6, 6.07) is 10.0. The smallest absolute Gasteiger partial charge is 0.165 e. The van der Waals surface area contributed by atoms with Gasteiger partial charge in [-0.05, 0) is 41.5 Å². The van der Waals surface area contributed by atoms with Gasteiger partial charge in [0.2, 0.25) is 0 Å². The first-order valence-electron chi connectivity index (χ1n) is 5.44. The summed E-state index contributed by atoms with van der Waals surface area (Å²) in [7, 11) is 1.42. The third-order valence-electron chi connectivity index (χ3n) is 2.65. The van der Waals surface area contributed by atoms with Gasteiger partial charge < -0.3 is 4.74 Å². The van der Waals surface area contributed by atoms with Crippen molar-refractivity contribution in [2.45, 2.75) is 5.38 Å². The first-order chi connectivity index (χ1) is 9.01. The molecule has 0 aliphatic rings. The van der Waals surface area contributed by atoms with Gasteiger partial charge in [0, 0.05) is 9.50 Å². The van der Waals surface area contributed by atoms with Crippen LogP contribution in [-0.4, -0.2) is 7.11 Å². The van der Waals surface area contributed by atoms with E-state index in [1.165, 1.54) is 13.2 Å². The number of benzene rings is 2. The van der Waals surface area contributed by atoms with Gasteiger partial charge in [-0.15, -0.1) is 11.6 Å². The average molecular weight is 364 g/mol. The molecule has 0 saturated heterocycles. The Bertz CT molecular complexity index is 584. The maximum absolute atomic E-state index is 13.7. The SMILES string of the molecule is COc1ccc(C(Cl)c2cc(Cl)cc(Br)c2)cc1F. The molecule has 2 aromatic carbocycles. The maximum Gasteiger partial charge on any atom is 0.165 e. The van der Waals surface area contributed by atoms with Gasteiger partial charge in [0.1, 0.15) is 0 Å². The Morgan fingerprint density at radius 1 is 1.16 bits per heavy atom. The predicted molar refractivity (Wildman–Crippen MR) is 79.8 cm³/mol. The highest BCUT2D eigenvalue weighted by atomic mass is 79.9. The summed E-state index contributed by atoms with van der Waals surface area (Å²) in [6.07, 6.45) is 0. The molecule has 100 valence electrons. The third-order valence-corrected chi connectivity index (χ3v) is 3.83. The minimum atomic E-state index is -0.476. The molecule has 0 bridgehead atoms. The predicted octanol–water partition coefficient (Wildman–Crippen LogP) is 5.58. The van der Waals surface area contributed by atoms with E-state index in [-0.39, 0.29) is 5.75 Å². The number of alkyl halides is 1. The molecule has 0 aliphatic carbocycles. The van der Waals surface area contributed by atoms with E-state index < -0.39 is 11.2 Å². The lowest BCUT2D eigenvalue weighted by Gasteiger charge is -2.12. The number of hydrogen-bond donors (Lipinski definition) is 0. The average Bonchev–Trinajstić information content (AvgIpc) is 2.36. The van der Waals surface area contributed by atoms with Gasteiger partial charge in [-0.3, -0.25) is 0 Å². The molecule has 2 rings (SSSR count). The summed E-state index contributed by atoms with van der Waals surface area (Å²) in [4.78, 5) is 0. The Balaban J connectivity index is 2.38. The van der Waals surface area contributed by atoms with Crippen LogP contribution in [0.15, 0.2) is 40.9 Å². The van der Waals surface area contributed by atoms with E-state index in [2.05, 4.69) is 15.9 Å². The maximum atomic E-state index is 13.7. The van der Waals surface area contributed by atoms with E-state index in [9.17, 15) is 4.39 Å². The fraction of sp³-hybridized carbons (Fsp3) is 0.143. The minimum absolute atomic E-state index is 0.194. The molecule has 5 heteroatoms. The summed E-state index contributed by atoms with van der Waals surface area (Å²) in [5.41, 5.74) is 1.44. The van der Waals surface area contributed by atoms with Crippen molar-refractivity contribution in [1.82, 2.24) is 0 Å². The standard InChI is InChI=1S/C14H10BrCl2FO/c1-19-13-3-2-8(6-12(13)18)14(17)9-4-10(15)7-11(16)5-9/h2-7,14H,1H3. The van der Waals surface area contributed by atoms with Gasteiger partial charge in [0.15, 0.2) is 11.6 Å². The molecular weight excluding hydrogens is 354 g/mol. The summed E-state index contributed by atoms with van der Waals surface area (Å²) >= 11 is 15.7. The Hall–Kier alpha value is -0.770. The highest BCUT2D eigenvalue weighted by molar-refractivity contribution is 9.10. The summed E-state index contributed by atoms with van der Waals surface area (Å²) in [6.45, 7) is 0. The minimum Gasteiger partial charge on any atom is -0.494 e. The van der Waals surface area contributed by atoms with Crippen molar-refractivity contribution in [3.8, 4) is 5.75 Å². The van der Waals surface area contributed by atoms with E-state index in [0.29, 0.717) is 10.6 Å². The molecule has 0 saturated carbocycles. The van der Waals surface area contributed by atoms with Crippen molar-refractivity contribution >= 4 is 39.1 Å². The van der Waals surface area contributed by atoms with Crippen LogP contribution in [0.25, 0.3) is 0 Å². The van der Waals surface area contributed by atoms with Crippen molar-refractivity contribution in [2.75, 3.05) is 7.11 Å². The zero-order valence-electron chi connectivity index (χ0n) is 9.96. The number of rotatable bonds is 3. The van der Waals surface area contributed by atoms with Crippen molar-refractivity contribution in [1.29, 1.82) is 0 Å². The Labute approximate surface area is 129 Å². The van der Waals surface area contributed by atoms with Gasteiger partial charge in [-0.1, -0.05) is 33.6 Å². The van der Waals surface area contributed by atoms with E-state index in [0.717, 1.165) is 10.0 Å². The zero-order chi connectivity index (χ0) is 14.0. The Morgan fingerprint density at radius 3 is 2.47 bits per heavy atom. The second-order valence-electron chi connectivity index (χ2n) is 3.96.